The van der Waals surface area contributed by atoms with Gasteiger partial charge < -0.3 is 20.2 Å². The molecule has 0 spiro atoms. The van der Waals surface area contributed by atoms with Crippen LogP contribution in [0.15, 0.2) is 23.0 Å². The van der Waals surface area contributed by atoms with Crippen LogP contribution in [0, 0.1) is 0 Å². The Morgan fingerprint density at radius 2 is 1.95 bits per heavy atom. The van der Waals surface area contributed by atoms with Crippen LogP contribution in [-0.2, 0) is 6.42 Å². The van der Waals surface area contributed by atoms with Gasteiger partial charge in [0, 0.05) is 17.0 Å². The number of nitrogens with one attached hydrogen (secondary N) is 1. The Morgan fingerprint density at radius 1 is 1.16 bits per heavy atom. The second-order valence-electron chi connectivity index (χ2n) is 4.66. The summed E-state index contributed by atoms with van der Waals surface area (Å²) in [6, 6.07) is 5.63. The van der Waals surface area contributed by atoms with Crippen molar-refractivity contribution in [3.05, 3.63) is 34.1 Å². The predicted molar refractivity (Wildman–Crippen MR) is 72.7 cm³/mol. The fourth-order valence-corrected chi connectivity index (χ4v) is 2.29. The Hall–Kier alpha value is -2.01. The summed E-state index contributed by atoms with van der Waals surface area (Å²) in [5, 5.41) is 0.964. The Kier molecular flexibility index (Phi) is 3.13. The van der Waals surface area contributed by atoms with Crippen LogP contribution >= 0.6 is 0 Å². The molecular weight excluding hydrogens is 244 g/mol. The van der Waals surface area contributed by atoms with E-state index in [1.54, 1.807) is 0 Å². The molecule has 1 aromatic heterocycles. The van der Waals surface area contributed by atoms with Crippen LogP contribution in [0.5, 0.6) is 11.5 Å². The molecule has 0 fully saturated rings. The van der Waals surface area contributed by atoms with Crippen molar-refractivity contribution in [3.63, 3.8) is 0 Å². The van der Waals surface area contributed by atoms with Crippen molar-refractivity contribution in [1.29, 1.82) is 0 Å². The van der Waals surface area contributed by atoms with Gasteiger partial charge in [-0.25, -0.2) is 0 Å². The molecule has 1 aliphatic heterocycles. The Balaban J connectivity index is 1.99. The zero-order valence-electron chi connectivity index (χ0n) is 10.6. The standard InChI is InChI=1S/C14H16N2O3/c15-4-2-1-3-9-5-10-6-12-13(19-8-18-12)7-11(10)16-14(9)17/h5-7H,1-4,8,15H2,(H,16,17). The minimum absolute atomic E-state index is 0.0385. The van der Waals surface area contributed by atoms with E-state index in [2.05, 4.69) is 4.98 Å². The molecule has 19 heavy (non-hydrogen) atoms. The number of H-pyrrole nitrogens is 1. The summed E-state index contributed by atoms with van der Waals surface area (Å²) in [4.78, 5) is 14.9. The van der Waals surface area contributed by atoms with E-state index >= 15 is 0 Å². The van der Waals surface area contributed by atoms with Gasteiger partial charge in [0.1, 0.15) is 0 Å². The van der Waals surface area contributed by atoms with Crippen molar-refractivity contribution in [1.82, 2.24) is 4.98 Å². The van der Waals surface area contributed by atoms with Gasteiger partial charge >= 0.3 is 0 Å². The molecule has 0 atom stereocenters. The number of aromatic amines is 1. The largest absolute Gasteiger partial charge is 0.454 e. The summed E-state index contributed by atoms with van der Waals surface area (Å²) >= 11 is 0. The molecule has 0 radical (unpaired) electrons. The molecule has 1 aliphatic rings. The van der Waals surface area contributed by atoms with Gasteiger partial charge in [-0.1, -0.05) is 0 Å². The van der Waals surface area contributed by atoms with Gasteiger partial charge in [0.05, 0.1) is 5.52 Å². The average Bonchev–Trinajstić information content (AvgIpc) is 2.84. The van der Waals surface area contributed by atoms with E-state index < -0.39 is 0 Å². The van der Waals surface area contributed by atoms with Crippen LogP contribution in [0.4, 0.5) is 0 Å². The van der Waals surface area contributed by atoms with Gasteiger partial charge in [-0.2, -0.15) is 0 Å². The highest BCUT2D eigenvalue weighted by Gasteiger charge is 2.15. The molecule has 5 nitrogen and oxygen atoms in total. The summed E-state index contributed by atoms with van der Waals surface area (Å²) in [5.74, 6) is 1.41. The minimum Gasteiger partial charge on any atom is -0.454 e. The summed E-state index contributed by atoms with van der Waals surface area (Å²) in [6.45, 7) is 0.892. The normalized spacial score (nSPS) is 13.1. The fraction of sp³-hybridized carbons (Fsp3) is 0.357. The van der Waals surface area contributed by atoms with Gasteiger partial charge in [-0.15, -0.1) is 0 Å². The van der Waals surface area contributed by atoms with Crippen molar-refractivity contribution >= 4 is 10.9 Å². The molecule has 0 unspecified atom stereocenters. The summed E-state index contributed by atoms with van der Waals surface area (Å²) < 4.78 is 10.6. The highest BCUT2D eigenvalue weighted by atomic mass is 16.7. The van der Waals surface area contributed by atoms with Crippen molar-refractivity contribution in [2.45, 2.75) is 19.3 Å². The first-order chi connectivity index (χ1) is 9.28. The number of ether oxygens (including phenoxy) is 2. The number of hydrogen-bond acceptors (Lipinski definition) is 4. The lowest BCUT2D eigenvalue weighted by molar-refractivity contribution is 0.174. The third-order valence-electron chi connectivity index (χ3n) is 3.31. The second kappa shape index (κ2) is 4.93. The quantitative estimate of drug-likeness (QED) is 0.817. The highest BCUT2D eigenvalue weighted by Crippen LogP contribution is 2.35. The van der Waals surface area contributed by atoms with E-state index in [0.717, 1.165) is 41.5 Å². The lowest BCUT2D eigenvalue weighted by Gasteiger charge is -2.04. The first-order valence-electron chi connectivity index (χ1n) is 6.43. The highest BCUT2D eigenvalue weighted by molar-refractivity contribution is 5.83. The van der Waals surface area contributed by atoms with E-state index in [4.69, 9.17) is 15.2 Å². The Labute approximate surface area is 110 Å². The second-order valence-corrected chi connectivity index (χ2v) is 4.66. The van der Waals surface area contributed by atoms with Crippen molar-refractivity contribution in [2.24, 2.45) is 5.73 Å². The first-order valence-corrected chi connectivity index (χ1v) is 6.43. The molecule has 3 rings (SSSR count). The number of pyridine rings is 1. The van der Waals surface area contributed by atoms with Crippen LogP contribution in [0.1, 0.15) is 18.4 Å². The molecule has 0 saturated heterocycles. The minimum atomic E-state index is -0.0385. The molecule has 2 aromatic rings. The summed E-state index contributed by atoms with van der Waals surface area (Å²) in [7, 11) is 0. The van der Waals surface area contributed by atoms with Crippen LogP contribution in [-0.4, -0.2) is 18.3 Å². The number of benzene rings is 1. The topological polar surface area (TPSA) is 77.3 Å². The fourth-order valence-electron chi connectivity index (χ4n) is 2.29. The first kappa shape index (κ1) is 12.0. The average molecular weight is 260 g/mol. The molecule has 0 saturated carbocycles. The van der Waals surface area contributed by atoms with Crippen molar-refractivity contribution in [2.75, 3.05) is 13.3 Å². The molecule has 3 N–H and O–H groups in total. The van der Waals surface area contributed by atoms with Crippen molar-refractivity contribution < 1.29 is 9.47 Å². The van der Waals surface area contributed by atoms with Crippen LogP contribution in [0.3, 0.4) is 0 Å². The predicted octanol–water partition coefficient (Wildman–Crippen LogP) is 1.54. The van der Waals surface area contributed by atoms with E-state index in [1.807, 2.05) is 18.2 Å². The number of aromatic nitrogens is 1. The molecule has 100 valence electrons. The zero-order valence-corrected chi connectivity index (χ0v) is 10.6. The number of fused-ring (bicyclic) bond motifs is 2. The SMILES string of the molecule is NCCCCc1cc2cc3c(cc2[nH]c1=O)OCO3. The number of unbranched alkanes of at least 4 members (excludes halogenated alkanes) is 1. The number of hydrogen-bond donors (Lipinski definition) is 2. The van der Waals surface area contributed by atoms with Crippen LogP contribution in [0.25, 0.3) is 10.9 Å². The molecule has 0 bridgehead atoms. The maximum Gasteiger partial charge on any atom is 0.251 e. The Bertz CT molecular complexity index is 664. The van der Waals surface area contributed by atoms with Gasteiger partial charge in [0.15, 0.2) is 11.5 Å². The smallest absolute Gasteiger partial charge is 0.251 e. The summed E-state index contributed by atoms with van der Waals surface area (Å²) in [5.41, 5.74) is 6.99. The van der Waals surface area contributed by atoms with Crippen LogP contribution in [0.2, 0.25) is 0 Å². The lowest BCUT2D eigenvalue weighted by atomic mass is 10.1. The van der Waals surface area contributed by atoms with Gasteiger partial charge in [0.25, 0.3) is 5.56 Å². The molecule has 2 heterocycles. The maximum absolute atomic E-state index is 12.0. The van der Waals surface area contributed by atoms with Gasteiger partial charge in [-0.05, 0) is 37.9 Å². The van der Waals surface area contributed by atoms with E-state index in [-0.39, 0.29) is 12.4 Å². The number of aryl methyl sites for hydroxylation is 1. The lowest BCUT2D eigenvalue weighted by Crippen LogP contribution is -2.12. The van der Waals surface area contributed by atoms with Gasteiger partial charge in [0.2, 0.25) is 6.79 Å². The molecular formula is C14H16N2O3. The maximum atomic E-state index is 12.0. The van der Waals surface area contributed by atoms with Crippen LogP contribution < -0.4 is 20.8 Å². The van der Waals surface area contributed by atoms with Gasteiger partial charge in [-0.3, -0.25) is 4.79 Å². The molecule has 5 heteroatoms. The number of nitrogens with two attached hydrogens (primary N) is 1. The third-order valence-corrected chi connectivity index (χ3v) is 3.31. The molecule has 0 amide bonds. The monoisotopic (exact) mass is 260 g/mol. The van der Waals surface area contributed by atoms with E-state index in [9.17, 15) is 4.79 Å². The number of rotatable bonds is 4. The van der Waals surface area contributed by atoms with Crippen molar-refractivity contribution in [3.8, 4) is 11.5 Å². The van der Waals surface area contributed by atoms with E-state index in [0.29, 0.717) is 12.3 Å². The van der Waals surface area contributed by atoms with E-state index in [1.165, 1.54) is 0 Å². The Morgan fingerprint density at radius 3 is 2.74 bits per heavy atom. The molecule has 0 aliphatic carbocycles. The molecule has 1 aromatic carbocycles. The zero-order chi connectivity index (χ0) is 13.2. The summed E-state index contributed by atoms with van der Waals surface area (Å²) in [6.07, 6.45) is 2.60. The third kappa shape index (κ3) is 2.29.